The van der Waals surface area contributed by atoms with Crippen molar-refractivity contribution in [2.45, 2.75) is 12.8 Å². The normalized spacial score (nSPS) is 11.9. The van der Waals surface area contributed by atoms with Crippen LogP contribution in [0.15, 0.2) is 16.6 Å². The molecule has 0 radical (unpaired) electrons. The van der Waals surface area contributed by atoms with Gasteiger partial charge in [-0.25, -0.2) is 0 Å². The number of nitro groups is 1. The highest BCUT2D eigenvalue weighted by Gasteiger charge is 2.24. The summed E-state index contributed by atoms with van der Waals surface area (Å²) in [7, 11) is 1.34. The van der Waals surface area contributed by atoms with Gasteiger partial charge in [-0.1, -0.05) is 15.9 Å². The predicted molar refractivity (Wildman–Crippen MR) is 63.4 cm³/mol. The lowest BCUT2D eigenvalue weighted by molar-refractivity contribution is -0.385. The van der Waals surface area contributed by atoms with Crippen LogP contribution in [0.5, 0.6) is 5.75 Å². The van der Waals surface area contributed by atoms with E-state index in [1.54, 1.807) is 0 Å². The van der Waals surface area contributed by atoms with Crippen LogP contribution in [-0.2, 0) is 4.79 Å². The molecule has 17 heavy (non-hydrogen) atoms. The van der Waals surface area contributed by atoms with Gasteiger partial charge in [0, 0.05) is 16.1 Å². The van der Waals surface area contributed by atoms with E-state index in [4.69, 9.17) is 9.84 Å². The van der Waals surface area contributed by atoms with Crippen LogP contribution in [0.25, 0.3) is 0 Å². The van der Waals surface area contributed by atoms with Gasteiger partial charge in [0.05, 0.1) is 24.0 Å². The maximum absolute atomic E-state index is 10.9. The average Bonchev–Trinajstić information content (AvgIpc) is 2.26. The van der Waals surface area contributed by atoms with Crippen LogP contribution in [0.4, 0.5) is 5.69 Å². The van der Waals surface area contributed by atoms with Gasteiger partial charge in [0.15, 0.2) is 0 Å². The minimum atomic E-state index is -1.03. The maximum atomic E-state index is 10.9. The number of hydrogen-bond acceptors (Lipinski definition) is 4. The zero-order chi connectivity index (χ0) is 13.2. The summed E-state index contributed by atoms with van der Waals surface area (Å²) in [6, 6.07) is 2.47. The van der Waals surface area contributed by atoms with E-state index in [-0.39, 0.29) is 11.4 Å². The molecular formula is C10H10BrNO5. The number of carboxylic acids is 1. The van der Waals surface area contributed by atoms with Crippen molar-refractivity contribution in [2.24, 2.45) is 0 Å². The number of nitrogens with zero attached hydrogens (tertiary/aromatic N) is 1. The van der Waals surface area contributed by atoms with Crippen molar-refractivity contribution in [1.82, 2.24) is 0 Å². The summed E-state index contributed by atoms with van der Waals surface area (Å²) in [4.78, 5) is 21.0. The number of carbonyl (C=O) groups is 1. The van der Waals surface area contributed by atoms with Crippen molar-refractivity contribution in [2.75, 3.05) is 7.11 Å². The highest BCUT2D eigenvalue weighted by Crippen LogP contribution is 2.37. The Bertz CT molecular complexity index is 474. The smallest absolute Gasteiger partial charge is 0.310 e. The highest BCUT2D eigenvalue weighted by molar-refractivity contribution is 9.10. The number of ether oxygens (including phenoxy) is 1. The molecule has 6 nitrogen and oxygen atoms in total. The molecule has 1 rings (SSSR count). The summed E-state index contributed by atoms with van der Waals surface area (Å²) in [5.74, 6) is -1.67. The topological polar surface area (TPSA) is 89.7 Å². The van der Waals surface area contributed by atoms with Crippen molar-refractivity contribution in [3.63, 3.8) is 0 Å². The van der Waals surface area contributed by atoms with Crippen LogP contribution < -0.4 is 4.74 Å². The van der Waals surface area contributed by atoms with Crippen LogP contribution in [-0.4, -0.2) is 23.1 Å². The molecule has 0 aliphatic rings. The largest absolute Gasteiger partial charge is 0.496 e. The Labute approximate surface area is 105 Å². The van der Waals surface area contributed by atoms with Gasteiger partial charge in [0.2, 0.25) is 0 Å². The second-order valence-corrected chi connectivity index (χ2v) is 4.21. The Morgan fingerprint density at radius 2 is 2.18 bits per heavy atom. The fourth-order valence-electron chi connectivity index (χ4n) is 1.40. The number of carboxylic acid groups (broad SMARTS) is 1. The molecule has 0 aliphatic carbocycles. The van der Waals surface area contributed by atoms with Gasteiger partial charge in [-0.05, 0) is 6.92 Å². The molecule has 1 aromatic carbocycles. The lowest BCUT2D eigenvalue weighted by Crippen LogP contribution is -2.10. The van der Waals surface area contributed by atoms with Crippen molar-refractivity contribution >= 4 is 27.6 Å². The monoisotopic (exact) mass is 303 g/mol. The summed E-state index contributed by atoms with van der Waals surface area (Å²) < 4.78 is 5.34. The van der Waals surface area contributed by atoms with Gasteiger partial charge in [0.25, 0.3) is 5.69 Å². The second kappa shape index (κ2) is 5.13. The molecule has 0 saturated heterocycles. The van der Waals surface area contributed by atoms with Crippen molar-refractivity contribution < 1.29 is 19.6 Å². The Kier molecular flexibility index (Phi) is 4.06. The van der Waals surface area contributed by atoms with E-state index in [1.807, 2.05) is 0 Å². The second-order valence-electron chi connectivity index (χ2n) is 3.36. The van der Waals surface area contributed by atoms with E-state index in [0.717, 1.165) is 0 Å². The summed E-state index contributed by atoms with van der Waals surface area (Å²) >= 11 is 3.13. The van der Waals surface area contributed by atoms with E-state index >= 15 is 0 Å². The average molecular weight is 304 g/mol. The van der Waals surface area contributed by atoms with Gasteiger partial charge in [-0.2, -0.15) is 0 Å². The summed E-state index contributed by atoms with van der Waals surface area (Å²) in [6.07, 6.45) is 0. The quantitative estimate of drug-likeness (QED) is 0.682. The van der Waals surface area contributed by atoms with Crippen LogP contribution in [0, 0.1) is 10.1 Å². The minimum absolute atomic E-state index is 0.157. The van der Waals surface area contributed by atoms with Crippen LogP contribution in [0.3, 0.4) is 0 Å². The predicted octanol–water partition coefficient (Wildman–Crippen LogP) is 2.55. The number of benzene rings is 1. The zero-order valence-electron chi connectivity index (χ0n) is 9.14. The lowest BCUT2D eigenvalue weighted by Gasteiger charge is -2.13. The van der Waals surface area contributed by atoms with Gasteiger partial charge >= 0.3 is 5.97 Å². The summed E-state index contributed by atoms with van der Waals surface area (Å²) in [5, 5.41) is 19.6. The lowest BCUT2D eigenvalue weighted by atomic mass is 10.00. The Balaban J connectivity index is 3.40. The van der Waals surface area contributed by atoms with Crippen molar-refractivity contribution in [1.29, 1.82) is 0 Å². The Morgan fingerprint density at radius 1 is 1.59 bits per heavy atom. The SMILES string of the molecule is COc1cc([N+](=O)[O-])cc(Br)c1C(C)C(=O)O. The van der Waals surface area contributed by atoms with Crippen LogP contribution >= 0.6 is 15.9 Å². The minimum Gasteiger partial charge on any atom is -0.496 e. The molecule has 0 spiro atoms. The Morgan fingerprint density at radius 3 is 2.59 bits per heavy atom. The van der Waals surface area contributed by atoms with Gasteiger partial charge in [-0.15, -0.1) is 0 Å². The fourth-order valence-corrected chi connectivity index (χ4v) is 2.17. The van der Waals surface area contributed by atoms with Crippen LogP contribution in [0.1, 0.15) is 18.4 Å². The van der Waals surface area contributed by atoms with Crippen LogP contribution in [0.2, 0.25) is 0 Å². The van der Waals surface area contributed by atoms with E-state index in [2.05, 4.69) is 15.9 Å². The number of halogens is 1. The number of methoxy groups -OCH3 is 1. The van der Waals surface area contributed by atoms with Gasteiger partial charge < -0.3 is 9.84 Å². The third-order valence-corrected chi connectivity index (χ3v) is 2.97. The molecule has 92 valence electrons. The third-order valence-electron chi connectivity index (χ3n) is 2.31. The Hall–Kier alpha value is -1.63. The van der Waals surface area contributed by atoms with Gasteiger partial charge in [-0.3, -0.25) is 14.9 Å². The van der Waals surface area contributed by atoms with Gasteiger partial charge in [0.1, 0.15) is 5.75 Å². The van der Waals surface area contributed by atoms with Crippen molar-refractivity contribution in [3.8, 4) is 5.75 Å². The first-order valence-corrected chi connectivity index (χ1v) is 5.42. The molecule has 1 N–H and O–H groups in total. The molecule has 0 heterocycles. The van der Waals surface area contributed by atoms with Crippen molar-refractivity contribution in [3.05, 3.63) is 32.3 Å². The van der Waals surface area contributed by atoms with E-state index in [9.17, 15) is 14.9 Å². The molecule has 1 aromatic rings. The summed E-state index contributed by atoms with van der Waals surface area (Å²) in [5.41, 5.74) is 0.223. The molecule has 0 saturated carbocycles. The maximum Gasteiger partial charge on any atom is 0.310 e. The number of hydrogen-bond donors (Lipinski definition) is 1. The summed E-state index contributed by atoms with van der Waals surface area (Å²) in [6.45, 7) is 1.48. The first-order chi connectivity index (χ1) is 7.88. The number of non-ortho nitro benzene ring substituents is 1. The first-order valence-electron chi connectivity index (χ1n) is 4.63. The standard InChI is InChI=1S/C10H10BrNO5/c1-5(10(13)14)9-7(11)3-6(12(15)16)4-8(9)17-2/h3-5H,1-2H3,(H,13,14). The highest BCUT2D eigenvalue weighted by atomic mass is 79.9. The third kappa shape index (κ3) is 2.73. The molecule has 0 amide bonds. The number of rotatable bonds is 4. The molecule has 1 unspecified atom stereocenters. The zero-order valence-corrected chi connectivity index (χ0v) is 10.7. The number of nitro benzene ring substituents is 1. The van der Waals surface area contributed by atoms with E-state index in [1.165, 1.54) is 26.2 Å². The molecule has 1 atom stereocenters. The molecule has 0 aliphatic heterocycles. The molecule has 0 fully saturated rings. The van der Waals surface area contributed by atoms with E-state index < -0.39 is 16.8 Å². The van der Waals surface area contributed by atoms with E-state index in [0.29, 0.717) is 10.0 Å². The molecular weight excluding hydrogens is 294 g/mol. The molecule has 0 bridgehead atoms. The molecule has 0 aromatic heterocycles. The number of aliphatic carboxylic acids is 1. The molecule has 7 heteroatoms. The fraction of sp³-hybridized carbons (Fsp3) is 0.300. The first kappa shape index (κ1) is 13.4.